The average molecular weight is 311 g/mol. The molecule has 106 valence electrons. The molecule has 0 aliphatic rings. The van der Waals surface area contributed by atoms with Crippen LogP contribution in [0, 0.1) is 6.92 Å². The lowest BCUT2D eigenvalue weighted by Crippen LogP contribution is -2.07. The maximum absolute atomic E-state index is 11.6. The van der Waals surface area contributed by atoms with Crippen LogP contribution in [-0.2, 0) is 11.3 Å². The van der Waals surface area contributed by atoms with Crippen LogP contribution >= 0.6 is 22.7 Å². The van der Waals surface area contributed by atoms with E-state index in [4.69, 9.17) is 0 Å². The quantitative estimate of drug-likeness (QED) is 0.675. The molecule has 2 rings (SSSR count). The van der Waals surface area contributed by atoms with E-state index in [2.05, 4.69) is 20.0 Å². The first-order valence-corrected chi connectivity index (χ1v) is 7.46. The predicted octanol–water partition coefficient (Wildman–Crippen LogP) is 2.51. The summed E-state index contributed by atoms with van der Waals surface area (Å²) in [7, 11) is 1.26. The molecule has 0 bridgehead atoms. The molecule has 2 aromatic heterocycles. The molecule has 0 fully saturated rings. The van der Waals surface area contributed by atoms with E-state index in [9.17, 15) is 9.59 Å². The van der Waals surface area contributed by atoms with Crippen LogP contribution in [0.15, 0.2) is 5.38 Å². The number of thiazole rings is 2. The van der Waals surface area contributed by atoms with Crippen LogP contribution in [0.1, 0.15) is 37.8 Å². The molecule has 1 N–H and O–H groups in total. The Hall–Kier alpha value is -1.80. The molecular weight excluding hydrogens is 298 g/mol. The largest absolute Gasteiger partial charge is 0.464 e. The number of nitrogens with zero attached hydrogens (tertiary/aromatic N) is 2. The van der Waals surface area contributed by atoms with Crippen molar-refractivity contribution < 1.29 is 14.3 Å². The number of anilines is 1. The van der Waals surface area contributed by atoms with Gasteiger partial charge in [0.15, 0.2) is 16.6 Å². The fourth-order valence-corrected chi connectivity index (χ4v) is 2.98. The monoisotopic (exact) mass is 311 g/mol. The number of ether oxygens (including phenoxy) is 1. The molecule has 0 aliphatic carbocycles. The van der Waals surface area contributed by atoms with Gasteiger partial charge in [-0.05, 0) is 6.92 Å². The maximum Gasteiger partial charge on any atom is 0.358 e. The van der Waals surface area contributed by atoms with Gasteiger partial charge < -0.3 is 10.1 Å². The van der Waals surface area contributed by atoms with Crippen LogP contribution in [0.4, 0.5) is 5.13 Å². The van der Waals surface area contributed by atoms with Gasteiger partial charge in [-0.3, -0.25) is 4.79 Å². The van der Waals surface area contributed by atoms with E-state index >= 15 is 0 Å². The van der Waals surface area contributed by atoms with Crippen LogP contribution in [0.5, 0.6) is 0 Å². The number of aromatic nitrogens is 2. The van der Waals surface area contributed by atoms with Gasteiger partial charge in [0.2, 0.25) is 0 Å². The number of carbonyl (C=O) groups is 2. The molecule has 0 aliphatic heterocycles. The summed E-state index contributed by atoms with van der Waals surface area (Å²) < 4.78 is 4.62. The fourth-order valence-electron chi connectivity index (χ4n) is 1.52. The molecule has 2 heterocycles. The second-order valence-corrected chi connectivity index (χ2v) is 6.02. The highest BCUT2D eigenvalue weighted by molar-refractivity contribution is 7.17. The summed E-state index contributed by atoms with van der Waals surface area (Å²) in [5.41, 5.74) is 0.952. The zero-order valence-electron chi connectivity index (χ0n) is 11.2. The van der Waals surface area contributed by atoms with Crippen LogP contribution < -0.4 is 5.32 Å². The van der Waals surface area contributed by atoms with Gasteiger partial charge in [-0.25, -0.2) is 14.8 Å². The van der Waals surface area contributed by atoms with Gasteiger partial charge in [-0.1, -0.05) is 11.3 Å². The van der Waals surface area contributed by atoms with Crippen molar-refractivity contribution in [2.45, 2.75) is 20.4 Å². The third-order valence-corrected chi connectivity index (χ3v) is 4.35. The van der Waals surface area contributed by atoms with Gasteiger partial charge in [0, 0.05) is 12.3 Å². The summed E-state index contributed by atoms with van der Waals surface area (Å²) in [6.45, 7) is 3.82. The van der Waals surface area contributed by atoms with Crippen LogP contribution in [-0.4, -0.2) is 28.8 Å². The molecule has 0 radical (unpaired) electrons. The second kappa shape index (κ2) is 6.10. The Kier molecular flexibility index (Phi) is 4.46. The van der Waals surface area contributed by atoms with Gasteiger partial charge in [0.1, 0.15) is 4.88 Å². The minimum Gasteiger partial charge on any atom is -0.464 e. The highest BCUT2D eigenvalue weighted by Crippen LogP contribution is 2.24. The lowest BCUT2D eigenvalue weighted by molar-refractivity contribution is 0.0591. The van der Waals surface area contributed by atoms with E-state index in [1.54, 1.807) is 11.3 Å². The van der Waals surface area contributed by atoms with E-state index in [-0.39, 0.29) is 11.5 Å². The molecule has 0 atom stereocenters. The van der Waals surface area contributed by atoms with Crippen molar-refractivity contribution in [2.24, 2.45) is 0 Å². The van der Waals surface area contributed by atoms with Crippen molar-refractivity contribution in [3.63, 3.8) is 0 Å². The molecule has 6 nitrogen and oxygen atoms in total. The van der Waals surface area contributed by atoms with E-state index in [1.807, 2.05) is 12.3 Å². The number of rotatable bonds is 5. The minimum absolute atomic E-state index is 0.0574. The smallest absolute Gasteiger partial charge is 0.358 e. The standard InChI is InChI=1S/C12H13N3O3S2/c1-6(16)10-9(11(17)18-3)15-12(20-10)13-4-8-5-19-7(2)14-8/h5H,4H2,1-3H3,(H,13,15). The van der Waals surface area contributed by atoms with E-state index < -0.39 is 5.97 Å². The maximum atomic E-state index is 11.6. The van der Waals surface area contributed by atoms with E-state index in [1.165, 1.54) is 14.0 Å². The number of hydrogen-bond acceptors (Lipinski definition) is 8. The van der Waals surface area contributed by atoms with Gasteiger partial charge >= 0.3 is 5.97 Å². The molecule has 0 spiro atoms. The third-order valence-electron chi connectivity index (χ3n) is 2.41. The lowest BCUT2D eigenvalue weighted by atomic mass is 10.3. The Morgan fingerprint density at radius 1 is 1.40 bits per heavy atom. The summed E-state index contributed by atoms with van der Waals surface area (Å²) >= 11 is 2.71. The van der Waals surface area contributed by atoms with Gasteiger partial charge in [-0.15, -0.1) is 11.3 Å². The van der Waals surface area contributed by atoms with Crippen molar-refractivity contribution in [1.82, 2.24) is 9.97 Å². The average Bonchev–Trinajstić information content (AvgIpc) is 3.01. The minimum atomic E-state index is -0.607. The van der Waals surface area contributed by atoms with Crippen molar-refractivity contribution in [3.8, 4) is 0 Å². The molecule has 20 heavy (non-hydrogen) atoms. The summed E-state index contributed by atoms with van der Waals surface area (Å²) in [5, 5.41) is 6.50. The first kappa shape index (κ1) is 14.6. The van der Waals surface area contributed by atoms with Crippen molar-refractivity contribution in [2.75, 3.05) is 12.4 Å². The number of carbonyl (C=O) groups excluding carboxylic acids is 2. The van der Waals surface area contributed by atoms with Crippen LogP contribution in [0.25, 0.3) is 0 Å². The number of esters is 1. The predicted molar refractivity (Wildman–Crippen MR) is 77.6 cm³/mol. The van der Waals surface area contributed by atoms with Gasteiger partial charge in [0.05, 0.1) is 24.4 Å². The van der Waals surface area contributed by atoms with Crippen molar-refractivity contribution >= 4 is 39.6 Å². The Bertz CT molecular complexity index is 648. The Balaban J connectivity index is 2.16. The van der Waals surface area contributed by atoms with Crippen LogP contribution in [0.2, 0.25) is 0 Å². The fraction of sp³-hybridized carbons (Fsp3) is 0.333. The van der Waals surface area contributed by atoms with Crippen molar-refractivity contribution in [3.05, 3.63) is 26.7 Å². The molecule has 0 unspecified atom stereocenters. The number of Topliss-reactive ketones (excluding diaryl/α,β-unsaturated/α-hetero) is 1. The lowest BCUT2D eigenvalue weighted by Gasteiger charge is -1.98. The normalized spacial score (nSPS) is 10.3. The summed E-state index contributed by atoms with van der Waals surface area (Å²) in [6, 6.07) is 0. The number of hydrogen-bond donors (Lipinski definition) is 1. The number of nitrogens with one attached hydrogen (secondary N) is 1. The molecule has 0 saturated heterocycles. The van der Waals surface area contributed by atoms with Crippen LogP contribution in [0.3, 0.4) is 0 Å². The Morgan fingerprint density at radius 2 is 2.15 bits per heavy atom. The van der Waals surface area contributed by atoms with Gasteiger partial charge in [0.25, 0.3) is 0 Å². The first-order valence-electron chi connectivity index (χ1n) is 5.76. The zero-order valence-corrected chi connectivity index (χ0v) is 12.9. The highest BCUT2D eigenvalue weighted by atomic mass is 32.1. The molecule has 2 aromatic rings. The molecule has 8 heteroatoms. The SMILES string of the molecule is COC(=O)c1nc(NCc2csc(C)n2)sc1C(C)=O. The summed E-state index contributed by atoms with van der Waals surface area (Å²) in [5.74, 6) is -0.815. The first-order chi connectivity index (χ1) is 9.51. The highest BCUT2D eigenvalue weighted by Gasteiger charge is 2.21. The van der Waals surface area contributed by atoms with Crippen molar-refractivity contribution in [1.29, 1.82) is 0 Å². The second-order valence-electron chi connectivity index (χ2n) is 3.96. The van der Waals surface area contributed by atoms with Gasteiger partial charge in [-0.2, -0.15) is 0 Å². The molecule has 0 amide bonds. The zero-order chi connectivity index (χ0) is 14.7. The number of methoxy groups -OCH3 is 1. The number of ketones is 1. The molecule has 0 aromatic carbocycles. The Labute approximate surface area is 123 Å². The molecular formula is C12H13N3O3S2. The number of aryl methyl sites for hydroxylation is 1. The summed E-state index contributed by atoms with van der Waals surface area (Å²) in [4.78, 5) is 31.8. The topological polar surface area (TPSA) is 81.2 Å². The Morgan fingerprint density at radius 3 is 2.70 bits per heavy atom. The molecule has 0 saturated carbocycles. The summed E-state index contributed by atoms with van der Waals surface area (Å²) in [6.07, 6.45) is 0. The van der Waals surface area contributed by atoms with E-state index in [0.717, 1.165) is 22.0 Å². The third kappa shape index (κ3) is 3.20. The van der Waals surface area contributed by atoms with E-state index in [0.29, 0.717) is 16.6 Å².